The quantitative estimate of drug-likeness (QED) is 0.655. The van der Waals surface area contributed by atoms with Crippen molar-refractivity contribution in [2.45, 2.75) is 69.9 Å². The van der Waals surface area contributed by atoms with Gasteiger partial charge < -0.3 is 18.9 Å². The summed E-state index contributed by atoms with van der Waals surface area (Å²) in [5.41, 5.74) is 2.04. The molecular formula is C23H30N2O6. The molecule has 2 amide bonds. The zero-order valence-electron chi connectivity index (χ0n) is 17.8. The normalized spacial score (nSPS) is 32.8. The molecule has 1 aromatic rings. The fourth-order valence-corrected chi connectivity index (χ4v) is 4.80. The molecule has 0 radical (unpaired) electrons. The van der Waals surface area contributed by atoms with Crippen LogP contribution in [0.4, 0.5) is 21.0 Å². The molecule has 6 atom stereocenters. The van der Waals surface area contributed by atoms with Crippen molar-refractivity contribution >= 4 is 23.6 Å². The van der Waals surface area contributed by atoms with Crippen molar-refractivity contribution in [1.29, 1.82) is 0 Å². The average molecular weight is 431 g/mol. The van der Waals surface area contributed by atoms with Crippen LogP contribution in [0.3, 0.4) is 0 Å². The Bertz CT molecular complexity index is 845. The molecule has 0 aromatic heterocycles. The molecule has 31 heavy (non-hydrogen) atoms. The van der Waals surface area contributed by atoms with Crippen LogP contribution < -0.4 is 10.6 Å². The van der Waals surface area contributed by atoms with Crippen LogP contribution in [0, 0.1) is 18.8 Å². The molecule has 2 heterocycles. The lowest BCUT2D eigenvalue weighted by molar-refractivity contribution is 0.130. The van der Waals surface area contributed by atoms with Crippen LogP contribution in [0.2, 0.25) is 0 Å². The highest BCUT2D eigenvalue weighted by molar-refractivity contribution is 5.89. The highest BCUT2D eigenvalue weighted by Gasteiger charge is 2.44. The van der Waals surface area contributed by atoms with Gasteiger partial charge in [0, 0.05) is 11.4 Å². The molecule has 2 saturated carbocycles. The first kappa shape index (κ1) is 20.6. The van der Waals surface area contributed by atoms with E-state index in [-0.39, 0.29) is 0 Å². The van der Waals surface area contributed by atoms with E-state index in [1.54, 1.807) is 12.1 Å². The second kappa shape index (κ2) is 8.67. The van der Waals surface area contributed by atoms with Crippen molar-refractivity contribution in [1.82, 2.24) is 0 Å². The lowest BCUT2D eigenvalue weighted by Gasteiger charge is -2.19. The number of benzene rings is 1. The first-order chi connectivity index (χ1) is 15.0. The Hall–Kier alpha value is -2.32. The van der Waals surface area contributed by atoms with Gasteiger partial charge in [0.05, 0.1) is 37.6 Å². The third-order valence-corrected chi connectivity index (χ3v) is 6.85. The molecule has 1 aromatic carbocycles. The van der Waals surface area contributed by atoms with Crippen LogP contribution in [0.25, 0.3) is 0 Å². The van der Waals surface area contributed by atoms with Gasteiger partial charge in [0.15, 0.2) is 0 Å². The Morgan fingerprint density at radius 2 is 1.45 bits per heavy atom. The van der Waals surface area contributed by atoms with E-state index in [9.17, 15) is 9.59 Å². The molecule has 2 N–H and O–H groups in total. The molecule has 0 spiro atoms. The zero-order chi connectivity index (χ0) is 21.4. The fourth-order valence-electron chi connectivity index (χ4n) is 4.80. The molecule has 2 aliphatic heterocycles. The number of anilines is 2. The minimum absolute atomic E-state index is 0.361. The van der Waals surface area contributed by atoms with Gasteiger partial charge in [0.2, 0.25) is 0 Å². The number of rotatable bonds is 6. The SMILES string of the molecule is Cc1ccc(NC(=O)OCC2CCC3OC3C2)cc1NC(=O)OCC1CCC2OC2C1. The number of ether oxygens (including phenoxy) is 4. The highest BCUT2D eigenvalue weighted by Crippen LogP contribution is 2.40. The largest absolute Gasteiger partial charge is 0.449 e. The van der Waals surface area contributed by atoms with E-state index in [0.29, 0.717) is 60.8 Å². The van der Waals surface area contributed by atoms with Crippen molar-refractivity contribution in [2.75, 3.05) is 23.8 Å². The van der Waals surface area contributed by atoms with Crippen LogP contribution in [0.5, 0.6) is 0 Å². The molecule has 0 bridgehead atoms. The van der Waals surface area contributed by atoms with Crippen molar-refractivity contribution in [2.24, 2.45) is 11.8 Å². The van der Waals surface area contributed by atoms with Gasteiger partial charge in [-0.2, -0.15) is 0 Å². The summed E-state index contributed by atoms with van der Waals surface area (Å²) in [5, 5.41) is 5.52. The summed E-state index contributed by atoms with van der Waals surface area (Å²) in [6.07, 6.45) is 6.75. The van der Waals surface area contributed by atoms with Gasteiger partial charge in [-0.05, 0) is 75.0 Å². The predicted octanol–water partition coefficient (Wildman–Crippen LogP) is 4.23. The van der Waals surface area contributed by atoms with Crippen LogP contribution in [-0.4, -0.2) is 49.8 Å². The lowest BCUT2D eigenvalue weighted by atomic mass is 9.90. The molecule has 6 unspecified atom stereocenters. The van der Waals surface area contributed by atoms with E-state index in [1.165, 1.54) is 0 Å². The molecule has 4 aliphatic rings. The minimum atomic E-state index is -0.492. The summed E-state index contributed by atoms with van der Waals surface area (Å²) in [6, 6.07) is 5.33. The van der Waals surface area contributed by atoms with Gasteiger partial charge in [0.25, 0.3) is 0 Å². The van der Waals surface area contributed by atoms with Gasteiger partial charge in [-0.15, -0.1) is 0 Å². The number of hydrogen-bond acceptors (Lipinski definition) is 6. The molecule has 2 saturated heterocycles. The Morgan fingerprint density at radius 1 is 0.871 bits per heavy atom. The van der Waals surface area contributed by atoms with Crippen LogP contribution in [-0.2, 0) is 18.9 Å². The van der Waals surface area contributed by atoms with Crippen molar-refractivity contribution in [3.8, 4) is 0 Å². The maximum Gasteiger partial charge on any atom is 0.411 e. The third kappa shape index (κ3) is 5.30. The molecule has 2 aliphatic carbocycles. The summed E-state index contributed by atoms with van der Waals surface area (Å²) in [5.74, 6) is 0.723. The number of hydrogen-bond donors (Lipinski definition) is 2. The van der Waals surface area contributed by atoms with Gasteiger partial charge in [-0.25, -0.2) is 9.59 Å². The average Bonchev–Trinajstić information content (AvgIpc) is 3.67. The first-order valence-corrected chi connectivity index (χ1v) is 11.3. The standard InChI is InChI=1S/C23H30N2O6/c1-13-2-5-16(24-22(26)28-11-14-3-6-18-20(8-14)30-18)10-17(13)25-23(27)29-12-15-4-7-19-21(9-15)31-19/h2,5,10,14-15,18-21H,3-4,6-9,11-12H2,1H3,(H,24,26)(H,25,27). The van der Waals surface area contributed by atoms with E-state index < -0.39 is 12.2 Å². The fraction of sp³-hybridized carbons (Fsp3) is 0.652. The second-order valence-corrected chi connectivity index (χ2v) is 9.26. The maximum absolute atomic E-state index is 12.3. The van der Waals surface area contributed by atoms with Crippen molar-refractivity contribution in [3.05, 3.63) is 23.8 Å². The summed E-state index contributed by atoms with van der Waals surface area (Å²) in [6.45, 7) is 2.69. The predicted molar refractivity (Wildman–Crippen MR) is 113 cm³/mol. The van der Waals surface area contributed by atoms with Crippen LogP contribution >= 0.6 is 0 Å². The Kier molecular flexibility index (Phi) is 5.75. The van der Waals surface area contributed by atoms with E-state index in [4.69, 9.17) is 18.9 Å². The summed E-state index contributed by atoms with van der Waals surface area (Å²) < 4.78 is 21.9. The Morgan fingerprint density at radius 3 is 2.03 bits per heavy atom. The van der Waals surface area contributed by atoms with E-state index in [1.807, 2.05) is 13.0 Å². The Balaban J connectivity index is 1.07. The molecule has 4 fully saturated rings. The molecule has 8 heteroatoms. The number of fused-ring (bicyclic) bond motifs is 2. The second-order valence-electron chi connectivity index (χ2n) is 9.26. The van der Waals surface area contributed by atoms with Gasteiger partial charge in [-0.3, -0.25) is 10.6 Å². The van der Waals surface area contributed by atoms with Crippen LogP contribution in [0.1, 0.15) is 44.1 Å². The van der Waals surface area contributed by atoms with E-state index >= 15 is 0 Å². The van der Waals surface area contributed by atoms with E-state index in [2.05, 4.69) is 10.6 Å². The monoisotopic (exact) mass is 430 g/mol. The van der Waals surface area contributed by atoms with Gasteiger partial charge >= 0.3 is 12.2 Å². The summed E-state index contributed by atoms with van der Waals surface area (Å²) in [7, 11) is 0. The van der Waals surface area contributed by atoms with Crippen molar-refractivity contribution in [3.63, 3.8) is 0 Å². The lowest BCUT2D eigenvalue weighted by Crippen LogP contribution is -2.23. The van der Waals surface area contributed by atoms with Gasteiger partial charge in [-0.1, -0.05) is 6.07 Å². The minimum Gasteiger partial charge on any atom is -0.449 e. The maximum atomic E-state index is 12.3. The number of aryl methyl sites for hydroxylation is 1. The molecule has 5 rings (SSSR count). The van der Waals surface area contributed by atoms with Crippen molar-refractivity contribution < 1.29 is 28.5 Å². The molecule has 168 valence electrons. The Labute approximate surface area is 181 Å². The number of amides is 2. The van der Waals surface area contributed by atoms with E-state index in [0.717, 1.165) is 44.1 Å². The summed E-state index contributed by atoms with van der Waals surface area (Å²) in [4.78, 5) is 24.4. The number of nitrogens with one attached hydrogen (secondary N) is 2. The smallest absolute Gasteiger partial charge is 0.411 e. The number of carbonyl (C=O) groups is 2. The highest BCUT2D eigenvalue weighted by atomic mass is 16.6. The third-order valence-electron chi connectivity index (χ3n) is 6.85. The zero-order valence-corrected chi connectivity index (χ0v) is 17.8. The van der Waals surface area contributed by atoms with Gasteiger partial charge in [0.1, 0.15) is 0 Å². The molecular weight excluding hydrogens is 400 g/mol. The number of carbonyl (C=O) groups excluding carboxylic acids is 2. The number of epoxide rings is 2. The van der Waals surface area contributed by atoms with Crippen LogP contribution in [0.15, 0.2) is 18.2 Å². The topological polar surface area (TPSA) is 102 Å². The summed E-state index contributed by atoms with van der Waals surface area (Å²) >= 11 is 0. The first-order valence-electron chi connectivity index (χ1n) is 11.3. The molecule has 8 nitrogen and oxygen atoms in total.